The van der Waals surface area contributed by atoms with Crippen molar-refractivity contribution in [2.24, 2.45) is 5.92 Å². The van der Waals surface area contributed by atoms with E-state index in [9.17, 15) is 0 Å². The summed E-state index contributed by atoms with van der Waals surface area (Å²) in [6.45, 7) is 9.34. The van der Waals surface area contributed by atoms with E-state index >= 15 is 0 Å². The van der Waals surface area contributed by atoms with Crippen molar-refractivity contribution in [3.63, 3.8) is 0 Å². The van der Waals surface area contributed by atoms with Crippen molar-refractivity contribution in [2.75, 3.05) is 0 Å². The molecular formula is C29H59OSn. The number of unbranched alkanes of at least 4 members (excludes halogenated alkanes) is 15. The van der Waals surface area contributed by atoms with Crippen molar-refractivity contribution in [3.8, 4) is 0 Å². The maximum absolute atomic E-state index is 6.59. The monoisotopic (exact) mass is 543 g/mol. The molecule has 0 heterocycles. The third kappa shape index (κ3) is 16.9. The average molecular weight is 543 g/mol. The molecule has 0 aromatic carbocycles. The van der Waals surface area contributed by atoms with E-state index in [1.165, 1.54) is 171 Å². The Morgan fingerprint density at radius 1 is 0.484 bits per heavy atom. The molecule has 0 aromatic rings. The fourth-order valence-electron chi connectivity index (χ4n) is 5.32. The van der Waals surface area contributed by atoms with Gasteiger partial charge in [0.1, 0.15) is 0 Å². The SMILES string of the molecule is CCCCCCCCC(CCC)C(CCCCCCCC)(CCCCCCCC)[O][Sn]. The standard InChI is InChI=1S/C29H59O.Sn/c1-5-9-12-15-18-21-25-28(24-8-4)29(30,26-22-19-16-13-10-6-2)27-23-20-17-14-11-7-3;/h28H,5-27H2,1-4H3;/q-1;+1. The Morgan fingerprint density at radius 3 is 1.26 bits per heavy atom. The Labute approximate surface area is 212 Å². The summed E-state index contributed by atoms with van der Waals surface area (Å²) in [5.74, 6) is 0.786. The molecule has 0 aliphatic heterocycles. The van der Waals surface area contributed by atoms with Crippen LogP contribution in [0.5, 0.6) is 0 Å². The first-order valence-electron chi connectivity index (χ1n) is 14.5. The van der Waals surface area contributed by atoms with Gasteiger partial charge in [0.05, 0.1) is 0 Å². The van der Waals surface area contributed by atoms with Crippen molar-refractivity contribution in [1.82, 2.24) is 0 Å². The first-order valence-corrected chi connectivity index (χ1v) is 15.7. The molecule has 0 N–H and O–H groups in total. The quantitative estimate of drug-likeness (QED) is 0.0824. The van der Waals surface area contributed by atoms with E-state index in [1.807, 2.05) is 0 Å². The van der Waals surface area contributed by atoms with Crippen LogP contribution in [0.4, 0.5) is 0 Å². The van der Waals surface area contributed by atoms with Crippen LogP contribution in [-0.2, 0) is 3.07 Å². The molecule has 0 amide bonds. The van der Waals surface area contributed by atoms with Gasteiger partial charge in [-0.25, -0.2) is 0 Å². The second-order valence-corrected chi connectivity index (χ2v) is 10.8. The van der Waals surface area contributed by atoms with Gasteiger partial charge in [-0.3, -0.25) is 0 Å². The molecule has 0 rings (SSSR count). The van der Waals surface area contributed by atoms with Crippen LogP contribution >= 0.6 is 0 Å². The van der Waals surface area contributed by atoms with E-state index in [2.05, 4.69) is 27.7 Å². The van der Waals surface area contributed by atoms with Crippen molar-refractivity contribution in [1.29, 1.82) is 0 Å². The summed E-state index contributed by atoms with van der Waals surface area (Å²) in [7, 11) is 0. The molecular weight excluding hydrogens is 483 g/mol. The van der Waals surface area contributed by atoms with Gasteiger partial charge in [0, 0.05) is 0 Å². The zero-order valence-electron chi connectivity index (χ0n) is 22.2. The van der Waals surface area contributed by atoms with Gasteiger partial charge in [-0.2, -0.15) is 0 Å². The molecule has 3 radical (unpaired) electrons. The normalized spacial score (nSPS) is 13.1. The fraction of sp³-hybridized carbons (Fsp3) is 1.00. The van der Waals surface area contributed by atoms with Gasteiger partial charge in [0.25, 0.3) is 0 Å². The molecule has 0 fully saturated rings. The molecule has 0 spiro atoms. The van der Waals surface area contributed by atoms with Crippen LogP contribution < -0.4 is 0 Å². The summed E-state index contributed by atoms with van der Waals surface area (Å²) in [6.07, 6.45) is 32.0. The molecule has 0 saturated heterocycles. The van der Waals surface area contributed by atoms with Crippen molar-refractivity contribution in [2.45, 2.75) is 181 Å². The predicted molar refractivity (Wildman–Crippen MR) is 142 cm³/mol. The van der Waals surface area contributed by atoms with Crippen molar-refractivity contribution in [3.05, 3.63) is 0 Å². The Bertz CT molecular complexity index is 328. The van der Waals surface area contributed by atoms with Crippen LogP contribution in [-0.4, -0.2) is 28.5 Å². The van der Waals surface area contributed by atoms with Crippen LogP contribution in [0, 0.1) is 5.92 Å². The minimum atomic E-state index is 0.188. The molecule has 1 atom stereocenters. The van der Waals surface area contributed by atoms with Gasteiger partial charge in [0.2, 0.25) is 0 Å². The second kappa shape index (κ2) is 23.9. The fourth-order valence-corrected chi connectivity index (χ4v) is 6.38. The maximum atomic E-state index is 6.59. The van der Waals surface area contributed by atoms with Crippen molar-refractivity contribution >= 4 is 22.9 Å². The molecule has 0 aliphatic rings. The van der Waals surface area contributed by atoms with Gasteiger partial charge in [0.15, 0.2) is 0 Å². The molecule has 1 unspecified atom stereocenters. The van der Waals surface area contributed by atoms with E-state index in [1.54, 1.807) is 0 Å². The Kier molecular flexibility index (Phi) is 24.5. The van der Waals surface area contributed by atoms with E-state index in [4.69, 9.17) is 3.07 Å². The van der Waals surface area contributed by atoms with Gasteiger partial charge < -0.3 is 0 Å². The van der Waals surface area contributed by atoms with Crippen LogP contribution in [0.2, 0.25) is 0 Å². The molecule has 2 heteroatoms. The Morgan fingerprint density at radius 2 is 0.871 bits per heavy atom. The van der Waals surface area contributed by atoms with Crippen LogP contribution in [0.15, 0.2) is 0 Å². The minimum absolute atomic E-state index is 0.188. The molecule has 0 aliphatic carbocycles. The van der Waals surface area contributed by atoms with Gasteiger partial charge in [-0.05, 0) is 0 Å². The first kappa shape index (κ1) is 31.8. The zero-order valence-corrected chi connectivity index (χ0v) is 25.1. The van der Waals surface area contributed by atoms with Crippen molar-refractivity contribution < 1.29 is 3.07 Å². The molecule has 0 saturated carbocycles. The van der Waals surface area contributed by atoms with Gasteiger partial charge >= 0.3 is 213 Å². The van der Waals surface area contributed by atoms with Crippen LogP contribution in [0.25, 0.3) is 0 Å². The van der Waals surface area contributed by atoms with Crippen LogP contribution in [0.1, 0.15) is 175 Å². The third-order valence-electron chi connectivity index (χ3n) is 7.40. The Balaban J connectivity index is 4.80. The Hall–Kier alpha value is 0.759. The molecule has 185 valence electrons. The van der Waals surface area contributed by atoms with E-state index < -0.39 is 0 Å². The van der Waals surface area contributed by atoms with E-state index in [-0.39, 0.29) is 5.60 Å². The van der Waals surface area contributed by atoms with E-state index in [0.717, 1.165) is 5.92 Å². The first-order chi connectivity index (χ1) is 15.2. The number of hydrogen-bond acceptors (Lipinski definition) is 1. The molecule has 0 bridgehead atoms. The predicted octanol–water partition coefficient (Wildman–Crippen LogP) is 10.5. The number of hydrogen-bond donors (Lipinski definition) is 0. The topological polar surface area (TPSA) is 9.23 Å². The summed E-state index contributed by atoms with van der Waals surface area (Å²) in [6, 6.07) is 0. The number of rotatable bonds is 25. The van der Waals surface area contributed by atoms with Crippen LogP contribution in [0.3, 0.4) is 0 Å². The summed E-state index contributed by atoms with van der Waals surface area (Å²) < 4.78 is 6.59. The summed E-state index contributed by atoms with van der Waals surface area (Å²) in [5.41, 5.74) is 0.188. The molecule has 0 aromatic heterocycles. The zero-order chi connectivity index (χ0) is 23.0. The summed E-state index contributed by atoms with van der Waals surface area (Å²) >= 11 is 1.30. The summed E-state index contributed by atoms with van der Waals surface area (Å²) in [4.78, 5) is 0. The molecule has 31 heavy (non-hydrogen) atoms. The van der Waals surface area contributed by atoms with Gasteiger partial charge in [-0.1, -0.05) is 0 Å². The third-order valence-corrected chi connectivity index (χ3v) is 8.56. The second-order valence-electron chi connectivity index (χ2n) is 10.2. The van der Waals surface area contributed by atoms with E-state index in [0.29, 0.717) is 0 Å². The summed E-state index contributed by atoms with van der Waals surface area (Å²) in [5, 5.41) is 0. The van der Waals surface area contributed by atoms with Gasteiger partial charge in [-0.15, -0.1) is 0 Å². The average Bonchev–Trinajstić information content (AvgIpc) is 2.78. The molecule has 1 nitrogen and oxygen atoms in total.